The summed E-state index contributed by atoms with van der Waals surface area (Å²) in [5.41, 5.74) is 12.2. The Hall–Kier alpha value is -10.7. The fraction of sp³-hybridized carbons (Fsp3) is 0.192. The van der Waals surface area contributed by atoms with E-state index in [4.69, 9.17) is 34.8 Å². The third-order valence-electron chi connectivity index (χ3n) is 15.9. The van der Waals surface area contributed by atoms with Crippen LogP contribution in [0.4, 0.5) is 56.1 Å². The number of rotatable bonds is 25. The number of aromatic nitrogens is 3. The van der Waals surface area contributed by atoms with Gasteiger partial charge in [-0.2, -0.15) is 15.8 Å². The van der Waals surface area contributed by atoms with Crippen molar-refractivity contribution in [3.05, 3.63) is 264 Å². The summed E-state index contributed by atoms with van der Waals surface area (Å²) in [7, 11) is 5.52. The zero-order chi connectivity index (χ0) is 72.9. The molecule has 0 amide bonds. The highest BCUT2D eigenvalue weighted by atomic mass is 35.5. The number of nitrogens with one attached hydrogen (secondary N) is 4. The largest absolute Gasteiger partial charge is 0.354 e. The third kappa shape index (κ3) is 21.2. The van der Waals surface area contributed by atoms with Gasteiger partial charge in [-0.1, -0.05) is 65.2 Å². The van der Waals surface area contributed by atoms with Crippen molar-refractivity contribution in [2.45, 2.75) is 46.6 Å². The molecule has 0 aliphatic carbocycles. The van der Waals surface area contributed by atoms with E-state index >= 15 is 0 Å². The summed E-state index contributed by atoms with van der Waals surface area (Å²) >= 11 is 17.7. The first kappa shape index (κ1) is 76.0. The fourth-order valence-electron chi connectivity index (χ4n) is 10.5. The Balaban J connectivity index is 0.000000194. The van der Waals surface area contributed by atoms with Crippen LogP contribution in [0.25, 0.3) is 32.7 Å². The Morgan fingerprint density at radius 3 is 1.17 bits per heavy atom. The Bertz CT molecular complexity index is 4970. The van der Waals surface area contributed by atoms with Crippen molar-refractivity contribution < 1.29 is 36.3 Å². The molecule has 0 saturated carbocycles. The van der Waals surface area contributed by atoms with Crippen molar-refractivity contribution in [1.29, 1.82) is 15.8 Å². The van der Waals surface area contributed by atoms with E-state index in [0.29, 0.717) is 116 Å². The number of allylic oxidation sites excluding steroid dienone is 3. The molecule has 0 atom stereocenters. The topological polar surface area (TPSA) is 216 Å². The van der Waals surface area contributed by atoms with Gasteiger partial charge in [-0.15, -0.1) is 0 Å². The van der Waals surface area contributed by atoms with Gasteiger partial charge in [-0.05, 0) is 202 Å². The Labute approximate surface area is 596 Å². The number of anilines is 6. The van der Waals surface area contributed by atoms with Crippen LogP contribution in [0.1, 0.15) is 55.6 Å². The zero-order valence-corrected chi connectivity index (χ0v) is 58.1. The first-order valence-electron chi connectivity index (χ1n) is 31.5. The number of halogens is 8. The zero-order valence-electron chi connectivity index (χ0n) is 55.9. The van der Waals surface area contributed by atoms with Gasteiger partial charge in [-0.3, -0.25) is 34.2 Å². The van der Waals surface area contributed by atoms with Gasteiger partial charge in [0.05, 0.1) is 65.4 Å². The SMILES string of the molecule is CNC/C=C/C(=O)Cc1cc2c(Nc3ccc(F)c(Cl)c3)c(C#N)cnc2cc1C.Cc1cc2ncc(C#N)c(Nc3ccc(F)c(Cl)c3)c2cc1CC(=O)/C=C/CN(C)CCF.Cc1cc2ncc(C#N)c(Nc3ccc(F)c(Cl)c3)c2cc1CC(=O)/C=C/CN(C)Cc1ccc(F)cc1. The molecule has 15 nitrogen and oxygen atoms in total. The molecule has 3 aromatic heterocycles. The first-order valence-corrected chi connectivity index (χ1v) is 32.6. The molecule has 7 aromatic carbocycles. The molecule has 10 rings (SSSR count). The minimum absolute atomic E-state index is 0.0167. The number of fused-ring (bicyclic) bond motifs is 3. The Kier molecular flexibility index (Phi) is 27.4. The normalized spacial score (nSPS) is 11.2. The van der Waals surface area contributed by atoms with Crippen LogP contribution < -0.4 is 21.3 Å². The number of carbonyl (C=O) groups is 3. The molecular weight excluding hydrogens is 1350 g/mol. The summed E-state index contributed by atoms with van der Waals surface area (Å²) < 4.78 is 66.1. The number of hydrogen-bond donors (Lipinski definition) is 4. The molecule has 0 aliphatic rings. The average Bonchev–Trinajstić information content (AvgIpc) is 0.794. The van der Waals surface area contributed by atoms with Crippen LogP contribution >= 0.6 is 34.8 Å². The van der Waals surface area contributed by atoms with Gasteiger partial charge in [0.2, 0.25) is 0 Å². The number of hydrogen-bond acceptors (Lipinski definition) is 15. The predicted octanol–water partition coefficient (Wildman–Crippen LogP) is 17.2. The smallest absolute Gasteiger partial charge is 0.159 e. The monoisotopic (exact) mass is 1420 g/mol. The van der Waals surface area contributed by atoms with E-state index in [1.807, 2.05) is 82.2 Å². The molecule has 0 aliphatic heterocycles. The van der Waals surface area contributed by atoms with Crippen LogP contribution in [0.3, 0.4) is 0 Å². The number of nitriles is 3. The maximum Gasteiger partial charge on any atom is 0.159 e. The van der Waals surface area contributed by atoms with Gasteiger partial charge in [0.25, 0.3) is 0 Å². The molecule has 3 heterocycles. The van der Waals surface area contributed by atoms with Crippen molar-refractivity contribution in [2.24, 2.45) is 0 Å². The van der Waals surface area contributed by atoms with E-state index in [9.17, 15) is 52.1 Å². The highest BCUT2D eigenvalue weighted by Gasteiger charge is 2.19. The van der Waals surface area contributed by atoms with Crippen LogP contribution in [-0.4, -0.2) is 96.1 Å². The molecule has 101 heavy (non-hydrogen) atoms. The lowest BCUT2D eigenvalue weighted by Gasteiger charge is -2.15. The van der Waals surface area contributed by atoms with E-state index < -0.39 is 24.1 Å². The van der Waals surface area contributed by atoms with E-state index in [-0.39, 0.29) is 57.5 Å². The van der Waals surface area contributed by atoms with Crippen LogP contribution in [0.15, 0.2) is 170 Å². The lowest BCUT2D eigenvalue weighted by Crippen LogP contribution is -2.20. The van der Waals surface area contributed by atoms with Crippen LogP contribution in [0.5, 0.6) is 0 Å². The molecule has 23 heteroatoms. The van der Waals surface area contributed by atoms with E-state index in [0.717, 1.165) is 38.9 Å². The summed E-state index contributed by atoms with van der Waals surface area (Å²) in [6, 6.07) is 36.6. The molecule has 10 aromatic rings. The van der Waals surface area contributed by atoms with Gasteiger partial charge >= 0.3 is 0 Å². The van der Waals surface area contributed by atoms with Gasteiger partial charge in [0.1, 0.15) is 48.2 Å². The summed E-state index contributed by atoms with van der Waals surface area (Å²) in [5.74, 6) is -2.04. The van der Waals surface area contributed by atoms with Gasteiger partial charge in [-0.25, -0.2) is 22.0 Å². The molecule has 4 N–H and O–H groups in total. The maximum atomic E-state index is 13.6. The summed E-state index contributed by atoms with van der Waals surface area (Å²) in [6.45, 7) is 7.89. The minimum Gasteiger partial charge on any atom is -0.354 e. The first-order chi connectivity index (χ1) is 48.5. The maximum absolute atomic E-state index is 13.6. The van der Waals surface area contributed by atoms with E-state index in [2.05, 4.69) is 54.4 Å². The lowest BCUT2D eigenvalue weighted by molar-refractivity contribution is -0.114. The quantitative estimate of drug-likeness (QED) is 0.0309. The number of ketones is 3. The molecule has 0 unspecified atom stereocenters. The molecular formula is C78H68Cl3F5N12O3. The van der Waals surface area contributed by atoms with Gasteiger partial charge in [0, 0.05) is 104 Å². The summed E-state index contributed by atoms with van der Waals surface area (Å²) in [4.78, 5) is 54.5. The standard InChI is InChI=1S/C30H25ClF2N4O.C25H23ClF2N4O.C23H20ClFN4O/c1-19-12-29-26(30(22(16-34)17-35-29)36-24-9-10-28(33)27(31)15-24)14-21(19)13-25(38)4-3-11-37(2)18-20-5-7-23(32)8-6-20;1-16-10-24-21(12-17(16)11-20(33)4-3-8-32(2)9-7-27)25(18(14-29)15-30-24)31-19-5-6-23(28)22(26)13-19;1-14-8-22-19(10-15(14)9-18(30)4-3-7-27-2)23(16(12-26)13-28-22)29-17-5-6-21(25)20(24)11-17/h3-10,12,14-15,17H,11,13,18H2,1-2H3,(H,35,36);3-6,10,12-13,15H,7-9,11H2,1-2H3,(H,30,31);3-6,8,10-11,13,27H,7,9H2,1-2H3,(H,28,29)/b3*4-3+. The number of aryl methyl sites for hydroxylation is 3. The number of alkyl halides is 1. The van der Waals surface area contributed by atoms with Crippen LogP contribution in [-0.2, 0) is 40.2 Å². The predicted molar refractivity (Wildman–Crippen MR) is 391 cm³/mol. The highest BCUT2D eigenvalue weighted by molar-refractivity contribution is 6.31. The van der Waals surface area contributed by atoms with E-state index in [1.54, 1.807) is 54.5 Å². The van der Waals surface area contributed by atoms with Crippen molar-refractivity contribution in [3.63, 3.8) is 0 Å². The number of carbonyl (C=O) groups excluding carboxylic acids is 3. The molecule has 514 valence electrons. The second-order valence-corrected chi connectivity index (χ2v) is 24.8. The van der Waals surface area contributed by atoms with Crippen LogP contribution in [0, 0.1) is 78.0 Å². The fourth-order valence-corrected chi connectivity index (χ4v) is 11.1. The molecule has 0 spiro atoms. The lowest BCUT2D eigenvalue weighted by atomic mass is 9.98. The molecule has 0 saturated heterocycles. The molecule has 0 bridgehead atoms. The number of nitrogens with zero attached hydrogens (tertiary/aromatic N) is 8. The number of pyridine rings is 3. The Morgan fingerprint density at radius 1 is 0.495 bits per heavy atom. The minimum atomic E-state index is -0.539. The third-order valence-corrected chi connectivity index (χ3v) is 16.8. The van der Waals surface area contributed by atoms with Crippen molar-refractivity contribution in [3.8, 4) is 18.2 Å². The van der Waals surface area contributed by atoms with Crippen molar-refractivity contribution >= 4 is 119 Å². The Morgan fingerprint density at radius 2 is 0.842 bits per heavy atom. The average molecular weight is 1420 g/mol. The van der Waals surface area contributed by atoms with Crippen molar-refractivity contribution in [1.82, 2.24) is 30.1 Å². The van der Waals surface area contributed by atoms with Crippen molar-refractivity contribution in [2.75, 3.05) is 69.9 Å². The second-order valence-electron chi connectivity index (χ2n) is 23.6. The van der Waals surface area contributed by atoms with Gasteiger partial charge < -0.3 is 26.2 Å². The molecule has 0 fully saturated rings. The van der Waals surface area contributed by atoms with Gasteiger partial charge in [0.15, 0.2) is 17.3 Å². The number of likely N-dealkylation sites (N-methyl/N-ethyl adjacent to an activating group) is 3. The summed E-state index contributed by atoms with van der Waals surface area (Å²) in [6.07, 6.45) is 14.9. The highest BCUT2D eigenvalue weighted by Crippen LogP contribution is 2.36. The number of benzene rings is 7. The summed E-state index contributed by atoms with van der Waals surface area (Å²) in [5, 5.41) is 43.2. The second kappa shape index (κ2) is 36.4. The van der Waals surface area contributed by atoms with E-state index in [1.165, 1.54) is 85.3 Å². The molecule has 0 radical (unpaired) electrons. The van der Waals surface area contributed by atoms with Crippen LogP contribution in [0.2, 0.25) is 15.1 Å².